The molecule has 3 aromatic heterocycles. The smallest absolute Gasteiger partial charge is 0.291 e. The maximum Gasteiger partial charge on any atom is 0.291 e. The van der Waals surface area contributed by atoms with Crippen LogP contribution in [-0.4, -0.2) is 109 Å². The number of rotatable bonds is 18. The van der Waals surface area contributed by atoms with E-state index in [1.807, 2.05) is 51.2 Å². The molecule has 3 aromatic carbocycles. The molecule has 0 atom stereocenters. The maximum atomic E-state index is 13.4. The number of methoxy groups -OCH3 is 2. The number of carbonyl (C=O) groups excluding carboxylic acids is 1. The van der Waals surface area contributed by atoms with Gasteiger partial charge in [0.15, 0.2) is 11.4 Å². The summed E-state index contributed by atoms with van der Waals surface area (Å²) in [7, 11) is 4.99. The molecular formula is C49H59N9O6. The Balaban J connectivity index is 0.744. The number of carbonyl (C=O) groups is 1. The van der Waals surface area contributed by atoms with Crippen molar-refractivity contribution in [1.29, 1.82) is 0 Å². The van der Waals surface area contributed by atoms with E-state index in [-0.39, 0.29) is 34.6 Å². The highest BCUT2D eigenvalue weighted by Gasteiger charge is 2.31. The Kier molecular flexibility index (Phi) is 13.5. The van der Waals surface area contributed by atoms with Gasteiger partial charge in [-0.1, -0.05) is 32.0 Å². The number of aromatic nitrogens is 4. The van der Waals surface area contributed by atoms with Crippen molar-refractivity contribution in [3.05, 3.63) is 101 Å². The summed E-state index contributed by atoms with van der Waals surface area (Å²) in [5.41, 5.74) is 5.91. The van der Waals surface area contributed by atoms with Crippen LogP contribution in [0.25, 0.3) is 10.9 Å². The van der Waals surface area contributed by atoms with Crippen molar-refractivity contribution in [2.24, 2.45) is 0 Å². The number of hydrogen-bond donors (Lipinski definition) is 2. The lowest BCUT2D eigenvalue weighted by molar-refractivity contribution is 0.0990. The molecule has 1 amide bonds. The second-order valence-corrected chi connectivity index (χ2v) is 17.1. The standard InChI is InChI=1S/C49H59N9O6/c1-32-30-34-20-21-49(3,4)38(34)31-41(32)64-42-19-18-40(63-42)45(59)53-43-46(60-6)54-48(55-47(43)61-7)50-22-24-58-27-25-57(26-28-58)23-10-11-29-62-36-16-14-35(15-17-36)56(5)44-37-12-8-9-13-39(37)51-33(2)52-44/h8-9,12-19,30-31H,10-11,20-29H2,1-7H3,(H,53,59)(H,50,54,55). The lowest BCUT2D eigenvalue weighted by Crippen LogP contribution is -2.47. The van der Waals surface area contributed by atoms with Crippen molar-refractivity contribution < 1.29 is 28.2 Å². The summed E-state index contributed by atoms with van der Waals surface area (Å²) in [4.78, 5) is 38.7. The van der Waals surface area contributed by atoms with Gasteiger partial charge in [0, 0.05) is 63.5 Å². The van der Waals surface area contributed by atoms with E-state index in [1.165, 1.54) is 25.3 Å². The highest BCUT2D eigenvalue weighted by molar-refractivity contribution is 6.04. The minimum absolute atomic E-state index is 0.0563. The molecule has 15 heteroatoms. The van der Waals surface area contributed by atoms with Gasteiger partial charge in [-0.2, -0.15) is 9.97 Å². The first kappa shape index (κ1) is 44.2. The van der Waals surface area contributed by atoms with Crippen molar-refractivity contribution in [3.63, 3.8) is 0 Å². The Morgan fingerprint density at radius 2 is 1.58 bits per heavy atom. The number of hydrogen-bond acceptors (Lipinski definition) is 14. The molecule has 4 heterocycles. The lowest BCUT2D eigenvalue weighted by Gasteiger charge is -2.34. The first-order chi connectivity index (χ1) is 31.0. The van der Waals surface area contributed by atoms with Crippen LogP contribution in [0.4, 0.5) is 23.1 Å². The number of benzene rings is 3. The monoisotopic (exact) mass is 869 g/mol. The van der Waals surface area contributed by atoms with E-state index in [0.717, 1.165) is 104 Å². The number of piperazine rings is 1. The lowest BCUT2D eigenvalue weighted by atomic mass is 9.86. The highest BCUT2D eigenvalue weighted by atomic mass is 16.6. The molecule has 8 rings (SSSR count). The molecule has 15 nitrogen and oxygen atoms in total. The Hall–Kier alpha value is -6.45. The number of ether oxygens (including phenoxy) is 4. The SMILES string of the molecule is COc1nc(NCCN2CCN(CCCCOc3ccc(N(C)c4nc(C)nc5ccccc45)cc3)CC2)nc(OC)c1NC(=O)c1ccc(Oc2cc3c(cc2C)CCC3(C)C)o1. The third-order valence-corrected chi connectivity index (χ3v) is 12.2. The largest absolute Gasteiger partial charge is 0.494 e. The van der Waals surface area contributed by atoms with Crippen molar-refractivity contribution in [2.45, 2.75) is 58.8 Å². The van der Waals surface area contributed by atoms with Gasteiger partial charge < -0.3 is 43.8 Å². The second kappa shape index (κ2) is 19.5. The summed E-state index contributed by atoms with van der Waals surface area (Å²) < 4.78 is 29.2. The van der Waals surface area contributed by atoms with Crippen LogP contribution in [0, 0.1) is 13.8 Å². The van der Waals surface area contributed by atoms with Gasteiger partial charge >= 0.3 is 0 Å². The van der Waals surface area contributed by atoms with E-state index in [1.54, 1.807) is 12.1 Å². The van der Waals surface area contributed by atoms with E-state index < -0.39 is 5.91 Å². The molecule has 2 aliphatic rings. The number of unbranched alkanes of at least 4 members (excludes halogenated alkanes) is 1. The van der Waals surface area contributed by atoms with Crippen LogP contribution in [-0.2, 0) is 11.8 Å². The zero-order chi connectivity index (χ0) is 44.8. The molecule has 64 heavy (non-hydrogen) atoms. The van der Waals surface area contributed by atoms with Crippen molar-refractivity contribution in [3.8, 4) is 29.2 Å². The molecule has 6 aromatic rings. The van der Waals surface area contributed by atoms with Gasteiger partial charge in [0.2, 0.25) is 17.7 Å². The Labute approximate surface area is 375 Å². The summed E-state index contributed by atoms with van der Waals surface area (Å²) in [6, 6.07) is 23.8. The molecule has 0 unspecified atom stereocenters. The summed E-state index contributed by atoms with van der Waals surface area (Å²) in [6.45, 7) is 15.6. The minimum atomic E-state index is -0.523. The number of fused-ring (bicyclic) bond motifs is 2. The molecule has 1 fully saturated rings. The van der Waals surface area contributed by atoms with Crippen LogP contribution in [0.1, 0.15) is 66.2 Å². The van der Waals surface area contributed by atoms with Crippen LogP contribution >= 0.6 is 0 Å². The van der Waals surface area contributed by atoms with Crippen LogP contribution in [0.3, 0.4) is 0 Å². The van der Waals surface area contributed by atoms with Gasteiger partial charge in [0.1, 0.15) is 23.1 Å². The number of aryl methyl sites for hydroxylation is 3. The van der Waals surface area contributed by atoms with Gasteiger partial charge in [0.05, 0.1) is 26.3 Å². The predicted molar refractivity (Wildman–Crippen MR) is 249 cm³/mol. The fraction of sp³-hybridized carbons (Fsp3) is 0.408. The normalized spacial score (nSPS) is 14.9. The second-order valence-electron chi connectivity index (χ2n) is 17.1. The van der Waals surface area contributed by atoms with Gasteiger partial charge in [-0.15, -0.1) is 0 Å². The van der Waals surface area contributed by atoms with Gasteiger partial charge in [0.25, 0.3) is 11.9 Å². The van der Waals surface area contributed by atoms with Gasteiger partial charge in [-0.05, 0) is 117 Å². The Bertz CT molecular complexity index is 2550. The van der Waals surface area contributed by atoms with E-state index in [9.17, 15) is 4.79 Å². The number of anilines is 4. The average Bonchev–Trinajstić information content (AvgIpc) is 3.89. The summed E-state index contributed by atoms with van der Waals surface area (Å²) in [6.07, 6.45) is 4.22. The molecule has 1 aliphatic heterocycles. The summed E-state index contributed by atoms with van der Waals surface area (Å²) >= 11 is 0. The maximum absolute atomic E-state index is 13.4. The molecule has 336 valence electrons. The number of para-hydroxylation sites is 1. The van der Waals surface area contributed by atoms with Crippen LogP contribution in [0.5, 0.6) is 29.2 Å². The fourth-order valence-electron chi connectivity index (χ4n) is 8.47. The highest BCUT2D eigenvalue weighted by Crippen LogP contribution is 2.42. The number of nitrogens with one attached hydrogen (secondary N) is 2. The zero-order valence-corrected chi connectivity index (χ0v) is 38.0. The number of amides is 1. The molecule has 0 saturated carbocycles. The molecule has 1 aliphatic carbocycles. The van der Waals surface area contributed by atoms with E-state index in [0.29, 0.717) is 24.8 Å². The van der Waals surface area contributed by atoms with E-state index in [4.69, 9.17) is 28.3 Å². The van der Waals surface area contributed by atoms with Crippen molar-refractivity contribution in [2.75, 3.05) is 89.2 Å². The van der Waals surface area contributed by atoms with E-state index >= 15 is 0 Å². The Morgan fingerprint density at radius 1 is 0.859 bits per heavy atom. The predicted octanol–water partition coefficient (Wildman–Crippen LogP) is 8.57. The van der Waals surface area contributed by atoms with Crippen LogP contribution < -0.4 is 34.5 Å². The third-order valence-electron chi connectivity index (χ3n) is 12.2. The quantitative estimate of drug-likeness (QED) is 0.0794. The van der Waals surface area contributed by atoms with Crippen molar-refractivity contribution >= 4 is 40.0 Å². The fourth-order valence-corrected chi connectivity index (χ4v) is 8.47. The Morgan fingerprint density at radius 3 is 2.31 bits per heavy atom. The molecule has 0 radical (unpaired) electrons. The summed E-state index contributed by atoms with van der Waals surface area (Å²) in [5.74, 6) is 3.61. The summed E-state index contributed by atoms with van der Waals surface area (Å²) in [5, 5.41) is 7.12. The first-order valence-electron chi connectivity index (χ1n) is 22.1. The van der Waals surface area contributed by atoms with Crippen molar-refractivity contribution in [1.82, 2.24) is 29.7 Å². The molecule has 2 N–H and O–H groups in total. The molecular weight excluding hydrogens is 811 g/mol. The minimum Gasteiger partial charge on any atom is -0.494 e. The van der Waals surface area contributed by atoms with E-state index in [2.05, 4.69) is 84.5 Å². The van der Waals surface area contributed by atoms with Gasteiger partial charge in [-0.25, -0.2) is 9.97 Å². The zero-order valence-electron chi connectivity index (χ0n) is 38.0. The van der Waals surface area contributed by atoms with Crippen LogP contribution in [0.15, 0.2) is 77.2 Å². The third kappa shape index (κ3) is 10.2. The molecule has 1 saturated heterocycles. The molecule has 0 spiro atoms. The van der Waals surface area contributed by atoms with Gasteiger partial charge in [-0.3, -0.25) is 9.69 Å². The first-order valence-corrected chi connectivity index (χ1v) is 22.1. The number of furan rings is 1. The average molecular weight is 870 g/mol. The van der Waals surface area contributed by atoms with Crippen LogP contribution in [0.2, 0.25) is 0 Å². The molecule has 0 bridgehead atoms. The number of nitrogens with zero attached hydrogens (tertiary/aromatic N) is 7. The topological polar surface area (TPSA) is 152 Å².